The van der Waals surface area contributed by atoms with Crippen molar-refractivity contribution in [3.05, 3.63) is 11.8 Å². The average Bonchev–Trinajstić information content (AvgIpc) is 2.30. The van der Waals surface area contributed by atoms with Gasteiger partial charge in [0, 0.05) is 6.07 Å². The molecule has 5 heteroatoms. The zero-order chi connectivity index (χ0) is 9.35. The molecule has 0 aliphatic heterocycles. The van der Waals surface area contributed by atoms with Crippen molar-refractivity contribution in [1.82, 2.24) is 5.16 Å². The van der Waals surface area contributed by atoms with Gasteiger partial charge in [-0.05, 0) is 0 Å². The van der Waals surface area contributed by atoms with Crippen LogP contribution in [0.25, 0.3) is 0 Å². The maximum Gasteiger partial charge on any atom is 0.283 e. The number of nitrogens with zero attached hydrogens (tertiary/aromatic N) is 1. The van der Waals surface area contributed by atoms with E-state index in [0.717, 1.165) is 0 Å². The van der Waals surface area contributed by atoms with Crippen LogP contribution in [0.15, 0.2) is 10.6 Å². The van der Waals surface area contributed by atoms with Gasteiger partial charge in [0.2, 0.25) is 0 Å². The summed E-state index contributed by atoms with van der Waals surface area (Å²) in [6, 6.07) is 1.36. The highest BCUT2D eigenvalue weighted by molar-refractivity contribution is 6.87. The second kappa shape index (κ2) is 2.97. The van der Waals surface area contributed by atoms with E-state index in [2.05, 4.69) is 5.16 Å². The Balaban J connectivity index is 2.92. The Morgan fingerprint density at radius 1 is 1.42 bits per heavy atom. The molecule has 0 fully saturated rings. The van der Waals surface area contributed by atoms with Gasteiger partial charge >= 0.3 is 0 Å². The number of hydrogen-bond donors (Lipinski definition) is 0. The van der Waals surface area contributed by atoms with Gasteiger partial charge in [-0.25, -0.2) is 8.78 Å². The number of hydrogen-bond acceptors (Lipinski definition) is 2. The summed E-state index contributed by atoms with van der Waals surface area (Å²) < 4.78 is 28.9. The summed E-state index contributed by atoms with van der Waals surface area (Å²) in [5.41, 5.74) is -0.257. The van der Waals surface area contributed by atoms with Crippen molar-refractivity contribution in [2.45, 2.75) is 26.1 Å². The van der Waals surface area contributed by atoms with E-state index in [4.69, 9.17) is 4.52 Å². The molecule has 12 heavy (non-hydrogen) atoms. The molecule has 0 N–H and O–H groups in total. The Morgan fingerprint density at radius 3 is 2.25 bits per heavy atom. The molecule has 0 aliphatic rings. The van der Waals surface area contributed by atoms with Crippen LogP contribution in [0, 0.1) is 0 Å². The van der Waals surface area contributed by atoms with Crippen molar-refractivity contribution >= 4 is 13.5 Å². The van der Waals surface area contributed by atoms with Crippen LogP contribution in [0.5, 0.6) is 0 Å². The fourth-order valence-corrected chi connectivity index (χ4v) is 1.65. The molecule has 68 valence electrons. The summed E-state index contributed by atoms with van der Waals surface area (Å²) in [6.45, 7) is 6.05. The van der Waals surface area contributed by atoms with Gasteiger partial charge in [0.25, 0.3) is 6.43 Å². The average molecular weight is 191 g/mol. The maximum absolute atomic E-state index is 12.1. The molecular formula is C7H11F2NOSi. The summed E-state index contributed by atoms with van der Waals surface area (Å²) in [5.74, 6) is 0. The van der Waals surface area contributed by atoms with Crippen molar-refractivity contribution in [2.24, 2.45) is 0 Å². The van der Waals surface area contributed by atoms with Gasteiger partial charge in [-0.3, -0.25) is 0 Å². The van der Waals surface area contributed by atoms with Crippen molar-refractivity contribution in [3.63, 3.8) is 0 Å². The van der Waals surface area contributed by atoms with E-state index >= 15 is 0 Å². The second-order valence-electron chi connectivity index (χ2n) is 3.67. The van der Waals surface area contributed by atoms with Gasteiger partial charge in [-0.1, -0.05) is 24.8 Å². The lowest BCUT2D eigenvalue weighted by atomic mass is 10.5. The SMILES string of the molecule is C[Si](C)(C)c1cc(C(F)F)no1. The van der Waals surface area contributed by atoms with E-state index in [1.165, 1.54) is 6.07 Å². The van der Waals surface area contributed by atoms with Crippen LogP contribution in [0.1, 0.15) is 12.1 Å². The topological polar surface area (TPSA) is 26.0 Å². The van der Waals surface area contributed by atoms with Crippen LogP contribution in [0.2, 0.25) is 19.6 Å². The number of aromatic nitrogens is 1. The molecule has 0 atom stereocenters. The molecule has 0 spiro atoms. The summed E-state index contributed by atoms with van der Waals surface area (Å²) in [4.78, 5) is 0. The minimum Gasteiger partial charge on any atom is -0.366 e. The van der Waals surface area contributed by atoms with E-state index in [9.17, 15) is 8.78 Å². The molecule has 0 amide bonds. The van der Waals surface area contributed by atoms with Gasteiger partial charge < -0.3 is 4.52 Å². The fourth-order valence-electron chi connectivity index (χ4n) is 0.745. The Morgan fingerprint density at radius 2 is 2.00 bits per heavy atom. The number of rotatable bonds is 2. The molecule has 0 aromatic carbocycles. The molecule has 1 rings (SSSR count). The molecule has 0 radical (unpaired) electrons. The first kappa shape index (κ1) is 9.38. The molecule has 1 aromatic heterocycles. The molecule has 0 saturated carbocycles. The lowest BCUT2D eigenvalue weighted by Gasteiger charge is -2.08. The largest absolute Gasteiger partial charge is 0.366 e. The minimum atomic E-state index is -2.53. The van der Waals surface area contributed by atoms with Crippen molar-refractivity contribution < 1.29 is 13.3 Å². The Hall–Kier alpha value is -0.713. The Bertz CT molecular complexity index is 267. The van der Waals surface area contributed by atoms with Crippen LogP contribution < -0.4 is 5.38 Å². The van der Waals surface area contributed by atoms with E-state index in [0.29, 0.717) is 5.38 Å². The van der Waals surface area contributed by atoms with Crippen molar-refractivity contribution in [1.29, 1.82) is 0 Å². The zero-order valence-electron chi connectivity index (χ0n) is 7.27. The molecule has 0 unspecified atom stereocenters. The molecule has 2 nitrogen and oxygen atoms in total. The maximum atomic E-state index is 12.1. The summed E-state index contributed by atoms with van der Waals surface area (Å²) in [5, 5.41) is 3.91. The van der Waals surface area contributed by atoms with Gasteiger partial charge in [0.15, 0.2) is 0 Å². The molecule has 1 heterocycles. The second-order valence-corrected chi connectivity index (χ2v) is 8.66. The Kier molecular flexibility index (Phi) is 2.32. The normalized spacial score (nSPS) is 12.5. The van der Waals surface area contributed by atoms with Crippen molar-refractivity contribution in [2.75, 3.05) is 0 Å². The monoisotopic (exact) mass is 191 g/mol. The summed E-state index contributed by atoms with van der Waals surface area (Å²) in [6.07, 6.45) is -2.53. The van der Waals surface area contributed by atoms with Crippen LogP contribution in [0.3, 0.4) is 0 Å². The first-order chi connectivity index (χ1) is 5.41. The highest BCUT2D eigenvalue weighted by Crippen LogP contribution is 2.16. The van der Waals surface area contributed by atoms with E-state index in [1.807, 2.05) is 19.6 Å². The van der Waals surface area contributed by atoms with Gasteiger partial charge in [0.05, 0.1) is 0 Å². The van der Waals surface area contributed by atoms with E-state index < -0.39 is 14.5 Å². The molecule has 0 aliphatic carbocycles. The molecular weight excluding hydrogens is 180 g/mol. The third-order valence-electron chi connectivity index (χ3n) is 1.49. The van der Waals surface area contributed by atoms with Crippen molar-refractivity contribution in [3.8, 4) is 0 Å². The van der Waals surface area contributed by atoms with Crippen LogP contribution in [-0.2, 0) is 0 Å². The molecule has 0 bridgehead atoms. The first-order valence-corrected chi connectivity index (χ1v) is 7.16. The van der Waals surface area contributed by atoms with Crippen LogP contribution >= 0.6 is 0 Å². The quantitative estimate of drug-likeness (QED) is 0.669. The fraction of sp³-hybridized carbons (Fsp3) is 0.571. The van der Waals surface area contributed by atoms with Gasteiger partial charge in [0.1, 0.15) is 19.2 Å². The zero-order valence-corrected chi connectivity index (χ0v) is 8.27. The van der Waals surface area contributed by atoms with Crippen LogP contribution in [0.4, 0.5) is 8.78 Å². The standard InChI is InChI=1S/C7H11F2NOSi/c1-12(2,3)6-4-5(7(8)9)10-11-6/h4,7H,1-3H3. The van der Waals surface area contributed by atoms with E-state index in [1.54, 1.807) is 0 Å². The summed E-state index contributed by atoms with van der Waals surface area (Å²) >= 11 is 0. The van der Waals surface area contributed by atoms with Gasteiger partial charge in [-0.2, -0.15) is 0 Å². The van der Waals surface area contributed by atoms with Gasteiger partial charge in [-0.15, -0.1) is 0 Å². The number of halogens is 2. The number of alkyl halides is 2. The minimum absolute atomic E-state index is 0.257. The predicted molar refractivity (Wildman–Crippen MR) is 44.4 cm³/mol. The lowest BCUT2D eigenvalue weighted by Crippen LogP contribution is -2.36. The lowest BCUT2D eigenvalue weighted by molar-refractivity contribution is 0.141. The smallest absolute Gasteiger partial charge is 0.283 e. The third-order valence-corrected chi connectivity index (χ3v) is 3.21. The molecule has 0 saturated heterocycles. The van der Waals surface area contributed by atoms with Crippen LogP contribution in [-0.4, -0.2) is 13.2 Å². The predicted octanol–water partition coefficient (Wildman–Crippen LogP) is 2.16. The van der Waals surface area contributed by atoms with E-state index in [-0.39, 0.29) is 5.69 Å². The molecule has 1 aromatic rings. The third kappa shape index (κ3) is 1.91. The Labute approximate surface area is 70.6 Å². The summed E-state index contributed by atoms with van der Waals surface area (Å²) in [7, 11) is -1.62. The first-order valence-electron chi connectivity index (χ1n) is 3.66. The highest BCUT2D eigenvalue weighted by atomic mass is 28.3. The highest BCUT2D eigenvalue weighted by Gasteiger charge is 2.24.